The van der Waals surface area contributed by atoms with Gasteiger partial charge in [-0.25, -0.2) is 4.79 Å². The van der Waals surface area contributed by atoms with Crippen LogP contribution in [0.2, 0.25) is 0 Å². The first-order valence-electron chi connectivity index (χ1n) is 7.53. The van der Waals surface area contributed by atoms with Crippen LogP contribution >= 0.6 is 0 Å². The number of hydrogen-bond acceptors (Lipinski definition) is 5. The van der Waals surface area contributed by atoms with Crippen molar-refractivity contribution in [3.05, 3.63) is 42.0 Å². The predicted octanol–water partition coefficient (Wildman–Crippen LogP) is 2.81. The molecule has 0 spiro atoms. The van der Waals surface area contributed by atoms with E-state index in [2.05, 4.69) is 0 Å². The lowest BCUT2D eigenvalue weighted by Crippen LogP contribution is -2.25. The first-order chi connectivity index (χ1) is 11.1. The molecule has 2 aromatic rings. The Morgan fingerprint density at radius 1 is 1.22 bits per heavy atom. The highest BCUT2D eigenvalue weighted by Gasteiger charge is 2.32. The SMILES string of the molecule is COc1ccc2cc([C@H](C)C(=O)O[C@H]3CCOC3=O)ccc2c1. The molecule has 120 valence electrons. The van der Waals surface area contributed by atoms with Crippen molar-refractivity contribution in [2.24, 2.45) is 0 Å². The molecule has 2 atom stereocenters. The number of esters is 2. The molecule has 1 saturated heterocycles. The van der Waals surface area contributed by atoms with E-state index in [4.69, 9.17) is 14.2 Å². The quantitative estimate of drug-likeness (QED) is 0.812. The van der Waals surface area contributed by atoms with Gasteiger partial charge in [0.1, 0.15) is 5.75 Å². The molecule has 0 saturated carbocycles. The molecular weight excluding hydrogens is 296 g/mol. The van der Waals surface area contributed by atoms with Gasteiger partial charge in [-0.3, -0.25) is 4.79 Å². The summed E-state index contributed by atoms with van der Waals surface area (Å²) in [4.78, 5) is 23.6. The topological polar surface area (TPSA) is 61.8 Å². The molecule has 0 radical (unpaired) electrons. The molecule has 1 aliphatic rings. The summed E-state index contributed by atoms with van der Waals surface area (Å²) >= 11 is 0. The molecule has 1 aliphatic heterocycles. The maximum absolute atomic E-state index is 12.2. The van der Waals surface area contributed by atoms with Gasteiger partial charge in [-0.2, -0.15) is 0 Å². The normalized spacial score (nSPS) is 18.5. The lowest BCUT2D eigenvalue weighted by Gasteiger charge is -2.15. The summed E-state index contributed by atoms with van der Waals surface area (Å²) in [5.41, 5.74) is 0.846. The van der Waals surface area contributed by atoms with Crippen LogP contribution in [0.25, 0.3) is 10.8 Å². The number of ether oxygens (including phenoxy) is 3. The van der Waals surface area contributed by atoms with Crippen molar-refractivity contribution in [1.29, 1.82) is 0 Å². The van der Waals surface area contributed by atoms with E-state index in [0.29, 0.717) is 13.0 Å². The summed E-state index contributed by atoms with van der Waals surface area (Å²) < 4.78 is 15.3. The van der Waals surface area contributed by atoms with Crippen LogP contribution < -0.4 is 4.74 Å². The number of benzene rings is 2. The van der Waals surface area contributed by atoms with E-state index in [1.165, 1.54) is 0 Å². The average Bonchev–Trinajstić information content (AvgIpc) is 2.98. The molecule has 5 nitrogen and oxygen atoms in total. The summed E-state index contributed by atoms with van der Waals surface area (Å²) in [7, 11) is 1.63. The van der Waals surface area contributed by atoms with Crippen LogP contribution in [0.4, 0.5) is 0 Å². The Kier molecular flexibility index (Phi) is 4.19. The predicted molar refractivity (Wildman–Crippen MR) is 84.4 cm³/mol. The second kappa shape index (κ2) is 6.28. The van der Waals surface area contributed by atoms with Crippen molar-refractivity contribution in [2.45, 2.75) is 25.4 Å². The molecule has 3 rings (SSSR count). The largest absolute Gasteiger partial charge is 0.497 e. The van der Waals surface area contributed by atoms with Crippen LogP contribution in [-0.2, 0) is 19.1 Å². The van der Waals surface area contributed by atoms with Gasteiger partial charge in [-0.05, 0) is 35.4 Å². The van der Waals surface area contributed by atoms with Gasteiger partial charge >= 0.3 is 11.9 Å². The lowest BCUT2D eigenvalue weighted by atomic mass is 9.97. The number of hydrogen-bond donors (Lipinski definition) is 0. The fourth-order valence-corrected chi connectivity index (χ4v) is 2.60. The van der Waals surface area contributed by atoms with Gasteiger partial charge < -0.3 is 14.2 Å². The highest BCUT2D eigenvalue weighted by molar-refractivity contribution is 5.87. The molecule has 2 aromatic carbocycles. The van der Waals surface area contributed by atoms with Crippen molar-refractivity contribution in [1.82, 2.24) is 0 Å². The van der Waals surface area contributed by atoms with Gasteiger partial charge in [0.2, 0.25) is 6.10 Å². The number of carbonyl (C=O) groups excluding carboxylic acids is 2. The monoisotopic (exact) mass is 314 g/mol. The third-order valence-corrected chi connectivity index (χ3v) is 4.07. The molecule has 1 heterocycles. The maximum Gasteiger partial charge on any atom is 0.347 e. The average molecular weight is 314 g/mol. The Balaban J connectivity index is 1.78. The Labute approximate surface area is 134 Å². The molecular formula is C18H18O5. The minimum absolute atomic E-state index is 0.309. The molecule has 0 bridgehead atoms. The first-order valence-corrected chi connectivity index (χ1v) is 7.53. The van der Waals surface area contributed by atoms with Crippen molar-refractivity contribution in [3.8, 4) is 5.75 Å². The van der Waals surface area contributed by atoms with Gasteiger partial charge in [0.05, 0.1) is 19.6 Å². The van der Waals surface area contributed by atoms with E-state index in [9.17, 15) is 9.59 Å². The summed E-state index contributed by atoms with van der Waals surface area (Å²) in [6.07, 6.45) is -0.343. The molecule has 0 amide bonds. The zero-order valence-corrected chi connectivity index (χ0v) is 13.1. The van der Waals surface area contributed by atoms with Crippen molar-refractivity contribution in [3.63, 3.8) is 0 Å². The van der Waals surface area contributed by atoms with E-state index in [0.717, 1.165) is 22.1 Å². The van der Waals surface area contributed by atoms with Crippen LogP contribution in [0, 0.1) is 0 Å². The molecule has 23 heavy (non-hydrogen) atoms. The molecule has 0 N–H and O–H groups in total. The Morgan fingerprint density at radius 2 is 1.96 bits per heavy atom. The molecule has 1 fully saturated rings. The first kappa shape index (κ1) is 15.3. The Hall–Kier alpha value is -2.56. The molecule has 0 aliphatic carbocycles. The van der Waals surface area contributed by atoms with E-state index < -0.39 is 24.0 Å². The van der Waals surface area contributed by atoms with Crippen LogP contribution in [-0.4, -0.2) is 31.8 Å². The third-order valence-electron chi connectivity index (χ3n) is 4.07. The molecule has 0 aromatic heterocycles. The Bertz CT molecular complexity index is 752. The number of fused-ring (bicyclic) bond motifs is 1. The standard InChI is InChI=1S/C18H18O5/c1-11(17(19)23-16-7-8-22-18(16)20)12-3-4-14-10-15(21-2)6-5-13(14)9-12/h3-6,9-11,16H,7-8H2,1-2H3/t11-,16-/m0/s1. The van der Waals surface area contributed by atoms with Crippen molar-refractivity contribution >= 4 is 22.7 Å². The van der Waals surface area contributed by atoms with Crippen LogP contribution in [0.15, 0.2) is 36.4 Å². The number of methoxy groups -OCH3 is 1. The third kappa shape index (κ3) is 3.13. The second-order valence-corrected chi connectivity index (χ2v) is 5.58. The Morgan fingerprint density at radius 3 is 2.65 bits per heavy atom. The highest BCUT2D eigenvalue weighted by atomic mass is 16.6. The lowest BCUT2D eigenvalue weighted by molar-refractivity contribution is -0.161. The summed E-state index contributed by atoms with van der Waals surface area (Å²) in [6, 6.07) is 11.6. The number of rotatable bonds is 4. The van der Waals surface area contributed by atoms with Gasteiger partial charge in [0.25, 0.3) is 0 Å². The van der Waals surface area contributed by atoms with E-state index in [1.54, 1.807) is 14.0 Å². The summed E-state index contributed by atoms with van der Waals surface area (Å²) in [5, 5.41) is 2.05. The smallest absolute Gasteiger partial charge is 0.347 e. The van der Waals surface area contributed by atoms with Crippen molar-refractivity contribution in [2.75, 3.05) is 13.7 Å². The minimum atomic E-state index is -0.769. The minimum Gasteiger partial charge on any atom is -0.497 e. The zero-order valence-electron chi connectivity index (χ0n) is 13.1. The zero-order chi connectivity index (χ0) is 16.4. The molecule has 0 unspecified atom stereocenters. The van der Waals surface area contributed by atoms with E-state index in [-0.39, 0.29) is 0 Å². The van der Waals surface area contributed by atoms with Gasteiger partial charge in [-0.15, -0.1) is 0 Å². The fraction of sp³-hybridized carbons (Fsp3) is 0.333. The van der Waals surface area contributed by atoms with Crippen LogP contribution in [0.3, 0.4) is 0 Å². The summed E-state index contributed by atoms with van der Waals surface area (Å²) in [5.74, 6) is -0.537. The highest BCUT2D eigenvalue weighted by Crippen LogP contribution is 2.26. The van der Waals surface area contributed by atoms with Crippen LogP contribution in [0.1, 0.15) is 24.8 Å². The van der Waals surface area contributed by atoms with Gasteiger partial charge in [0, 0.05) is 6.42 Å². The van der Waals surface area contributed by atoms with E-state index in [1.807, 2.05) is 36.4 Å². The maximum atomic E-state index is 12.2. The van der Waals surface area contributed by atoms with Gasteiger partial charge in [0.15, 0.2) is 0 Å². The van der Waals surface area contributed by atoms with Crippen LogP contribution in [0.5, 0.6) is 5.75 Å². The summed E-state index contributed by atoms with van der Waals surface area (Å²) in [6.45, 7) is 2.08. The number of cyclic esters (lactones) is 1. The van der Waals surface area contributed by atoms with E-state index >= 15 is 0 Å². The van der Waals surface area contributed by atoms with Gasteiger partial charge in [-0.1, -0.05) is 24.3 Å². The second-order valence-electron chi connectivity index (χ2n) is 5.58. The molecule has 5 heteroatoms. The number of carbonyl (C=O) groups is 2. The fourth-order valence-electron chi connectivity index (χ4n) is 2.60. The van der Waals surface area contributed by atoms with Crippen molar-refractivity contribution < 1.29 is 23.8 Å².